The van der Waals surface area contributed by atoms with Gasteiger partial charge in [-0.1, -0.05) is 0 Å². The van der Waals surface area contributed by atoms with Gasteiger partial charge in [0, 0.05) is 0 Å². The van der Waals surface area contributed by atoms with Crippen molar-refractivity contribution in [1.29, 1.82) is 0 Å². The second-order valence-corrected chi connectivity index (χ2v) is 4.33. The maximum atomic E-state index is 11.4. The van der Waals surface area contributed by atoms with E-state index in [0.29, 0.717) is 24.8 Å². The van der Waals surface area contributed by atoms with Crippen molar-refractivity contribution in [2.45, 2.75) is 6.04 Å². The number of carbonyl (C=O) groups excluding carboxylic acids is 2. The number of rotatable bonds is 3. The average Bonchev–Trinajstić information content (AvgIpc) is 2.45. The molecule has 78 valence electrons. The maximum Gasteiger partial charge on any atom is 0.240 e. The first-order valence-electron chi connectivity index (χ1n) is 4.48. The van der Waals surface area contributed by atoms with Gasteiger partial charge in [0.1, 0.15) is 6.54 Å². The van der Waals surface area contributed by atoms with Gasteiger partial charge in [-0.3, -0.25) is 9.59 Å². The Morgan fingerprint density at radius 2 is 2.43 bits per heavy atom. The Bertz CT molecular complexity index is 255. The number of amides is 2. The molecule has 2 heterocycles. The van der Waals surface area contributed by atoms with Gasteiger partial charge in [-0.25, -0.2) is 0 Å². The van der Waals surface area contributed by atoms with Crippen molar-refractivity contribution in [2.24, 2.45) is 0 Å². The van der Waals surface area contributed by atoms with E-state index in [0.717, 1.165) is 0 Å². The fourth-order valence-corrected chi connectivity index (χ4v) is 2.21. The molecule has 2 aliphatic rings. The summed E-state index contributed by atoms with van der Waals surface area (Å²) in [4.78, 5) is 24.1. The number of nitrogens with zero attached hydrogens (tertiary/aromatic N) is 1. The third kappa shape index (κ3) is 2.19. The molecule has 2 amide bonds. The summed E-state index contributed by atoms with van der Waals surface area (Å²) in [5, 5.41) is 2.80. The van der Waals surface area contributed by atoms with Crippen LogP contribution in [0.15, 0.2) is 0 Å². The largest absolute Gasteiger partial charge is 0.377 e. The smallest absolute Gasteiger partial charge is 0.240 e. The normalized spacial score (nSPS) is 22.3. The highest BCUT2D eigenvalue weighted by molar-refractivity contribution is 8.00. The minimum atomic E-state index is -0.0887. The zero-order chi connectivity index (χ0) is 9.97. The number of thioether (sulfide) groups is 1. The third-order valence-corrected chi connectivity index (χ3v) is 3.11. The Labute approximate surface area is 86.2 Å². The molecule has 2 saturated heterocycles. The Hall–Kier alpha value is -0.750. The summed E-state index contributed by atoms with van der Waals surface area (Å²) in [6, 6.07) is 0.146. The van der Waals surface area contributed by atoms with Gasteiger partial charge in [-0.05, 0) is 0 Å². The predicted molar refractivity (Wildman–Crippen MR) is 51.8 cm³/mol. The maximum absolute atomic E-state index is 11.4. The van der Waals surface area contributed by atoms with Crippen molar-refractivity contribution in [3.8, 4) is 0 Å². The van der Waals surface area contributed by atoms with Crippen LogP contribution in [0.2, 0.25) is 0 Å². The molecule has 0 aromatic rings. The van der Waals surface area contributed by atoms with Crippen LogP contribution in [0.5, 0.6) is 0 Å². The van der Waals surface area contributed by atoms with E-state index < -0.39 is 0 Å². The highest BCUT2D eigenvalue weighted by atomic mass is 32.2. The molecule has 6 heteroatoms. The minimum Gasteiger partial charge on any atom is -0.377 e. The molecule has 2 fully saturated rings. The summed E-state index contributed by atoms with van der Waals surface area (Å²) in [5.74, 6) is 1.09. The molecule has 0 spiro atoms. The molecule has 0 bridgehead atoms. The Morgan fingerprint density at radius 1 is 1.64 bits per heavy atom. The van der Waals surface area contributed by atoms with Crippen LogP contribution in [-0.2, 0) is 14.3 Å². The summed E-state index contributed by atoms with van der Waals surface area (Å²) in [7, 11) is 0. The standard InChI is InChI=1S/C8H12N2O3S/c11-7(9-6-2-13-3-6)1-10-5-14-4-8(10)12/h6H,1-5H2,(H,9,11). The summed E-state index contributed by atoms with van der Waals surface area (Å²) in [6.07, 6.45) is 0. The summed E-state index contributed by atoms with van der Waals surface area (Å²) < 4.78 is 4.93. The zero-order valence-electron chi connectivity index (χ0n) is 7.69. The molecule has 0 aromatic heterocycles. The van der Waals surface area contributed by atoms with Crippen molar-refractivity contribution in [3.63, 3.8) is 0 Å². The van der Waals surface area contributed by atoms with E-state index in [1.807, 2.05) is 0 Å². The molecule has 1 N–H and O–H groups in total. The molecule has 0 unspecified atom stereocenters. The Kier molecular flexibility index (Phi) is 2.93. The molecule has 2 aliphatic heterocycles. The Morgan fingerprint density at radius 3 is 2.93 bits per heavy atom. The number of carbonyl (C=O) groups is 2. The highest BCUT2D eigenvalue weighted by Crippen LogP contribution is 2.14. The van der Waals surface area contributed by atoms with Crippen LogP contribution in [0, 0.1) is 0 Å². The van der Waals surface area contributed by atoms with Crippen molar-refractivity contribution >= 4 is 23.6 Å². The van der Waals surface area contributed by atoms with Crippen LogP contribution >= 0.6 is 11.8 Å². The fourth-order valence-electron chi connectivity index (χ4n) is 1.31. The van der Waals surface area contributed by atoms with E-state index in [-0.39, 0.29) is 24.4 Å². The molecule has 0 aliphatic carbocycles. The van der Waals surface area contributed by atoms with E-state index in [9.17, 15) is 9.59 Å². The lowest BCUT2D eigenvalue weighted by atomic mass is 10.2. The van der Waals surface area contributed by atoms with E-state index in [4.69, 9.17) is 4.74 Å². The van der Waals surface area contributed by atoms with Crippen molar-refractivity contribution in [3.05, 3.63) is 0 Å². The summed E-state index contributed by atoms with van der Waals surface area (Å²) >= 11 is 1.54. The number of nitrogens with one attached hydrogen (secondary N) is 1. The fraction of sp³-hybridized carbons (Fsp3) is 0.750. The molecule has 14 heavy (non-hydrogen) atoms. The Balaban J connectivity index is 1.73. The van der Waals surface area contributed by atoms with Gasteiger partial charge in [0.25, 0.3) is 0 Å². The number of hydrogen-bond acceptors (Lipinski definition) is 4. The molecule has 2 rings (SSSR count). The molecular weight excluding hydrogens is 204 g/mol. The molecule has 5 nitrogen and oxygen atoms in total. The quantitative estimate of drug-likeness (QED) is 0.660. The summed E-state index contributed by atoms with van der Waals surface area (Å²) in [6.45, 7) is 1.37. The lowest BCUT2D eigenvalue weighted by Gasteiger charge is -2.27. The SMILES string of the molecule is O=C(CN1CSCC1=O)NC1COC1. The third-order valence-electron chi connectivity index (χ3n) is 2.16. The second-order valence-electron chi connectivity index (χ2n) is 3.37. The number of ether oxygens (including phenoxy) is 1. The zero-order valence-corrected chi connectivity index (χ0v) is 8.51. The van der Waals surface area contributed by atoms with Gasteiger partial charge in [-0.15, -0.1) is 11.8 Å². The first-order chi connectivity index (χ1) is 6.75. The van der Waals surface area contributed by atoms with Gasteiger partial charge in [0.05, 0.1) is 30.9 Å². The topological polar surface area (TPSA) is 58.6 Å². The lowest BCUT2D eigenvalue weighted by Crippen LogP contribution is -2.51. The minimum absolute atomic E-state index is 0.0509. The van der Waals surface area contributed by atoms with Crippen LogP contribution in [0.3, 0.4) is 0 Å². The van der Waals surface area contributed by atoms with Gasteiger partial charge in [0.2, 0.25) is 11.8 Å². The van der Waals surface area contributed by atoms with Gasteiger partial charge in [0.15, 0.2) is 0 Å². The van der Waals surface area contributed by atoms with Crippen molar-refractivity contribution < 1.29 is 14.3 Å². The van der Waals surface area contributed by atoms with Crippen LogP contribution in [0.25, 0.3) is 0 Å². The average molecular weight is 216 g/mol. The van der Waals surface area contributed by atoms with Gasteiger partial charge in [-0.2, -0.15) is 0 Å². The first kappa shape index (κ1) is 9.79. The summed E-state index contributed by atoms with van der Waals surface area (Å²) in [5.41, 5.74) is 0. The number of hydrogen-bond donors (Lipinski definition) is 1. The van der Waals surface area contributed by atoms with Crippen molar-refractivity contribution in [1.82, 2.24) is 10.2 Å². The lowest BCUT2D eigenvalue weighted by molar-refractivity contribution is -0.134. The van der Waals surface area contributed by atoms with E-state index in [1.165, 1.54) is 0 Å². The van der Waals surface area contributed by atoms with E-state index in [2.05, 4.69) is 5.32 Å². The van der Waals surface area contributed by atoms with E-state index in [1.54, 1.807) is 16.7 Å². The second kappa shape index (κ2) is 4.18. The highest BCUT2D eigenvalue weighted by Gasteiger charge is 2.25. The van der Waals surface area contributed by atoms with Crippen LogP contribution in [-0.4, -0.2) is 54.1 Å². The van der Waals surface area contributed by atoms with Crippen LogP contribution < -0.4 is 5.32 Å². The van der Waals surface area contributed by atoms with E-state index >= 15 is 0 Å². The predicted octanol–water partition coefficient (Wildman–Crippen LogP) is -0.966. The van der Waals surface area contributed by atoms with Gasteiger partial charge < -0.3 is 15.0 Å². The van der Waals surface area contributed by atoms with Crippen LogP contribution in [0.1, 0.15) is 0 Å². The molecule has 0 saturated carbocycles. The van der Waals surface area contributed by atoms with Gasteiger partial charge >= 0.3 is 0 Å². The molecule has 0 atom stereocenters. The van der Waals surface area contributed by atoms with Crippen LogP contribution in [0.4, 0.5) is 0 Å². The molecular formula is C8H12N2O3S. The molecule has 0 aromatic carbocycles. The van der Waals surface area contributed by atoms with Crippen molar-refractivity contribution in [2.75, 3.05) is 31.4 Å². The first-order valence-corrected chi connectivity index (χ1v) is 5.64. The monoisotopic (exact) mass is 216 g/mol. The molecule has 0 radical (unpaired) electrons.